The molecule has 5 heteroatoms. The lowest BCUT2D eigenvalue weighted by Crippen LogP contribution is -2.09. The number of carbonyl (C=O) groups excluding carboxylic acids is 1. The van der Waals surface area contributed by atoms with Crippen LogP contribution in [0.15, 0.2) is 24.3 Å². The van der Waals surface area contributed by atoms with Crippen LogP contribution in [0.4, 0.5) is 9.39 Å². The lowest BCUT2D eigenvalue weighted by atomic mass is 10.1. The van der Waals surface area contributed by atoms with Gasteiger partial charge in [-0.15, -0.1) is 11.3 Å². The van der Waals surface area contributed by atoms with Crippen molar-refractivity contribution in [1.29, 1.82) is 0 Å². The highest BCUT2D eigenvalue weighted by Gasteiger charge is 2.27. The molecule has 0 amide bonds. The van der Waals surface area contributed by atoms with Gasteiger partial charge in [-0.3, -0.25) is 0 Å². The summed E-state index contributed by atoms with van der Waals surface area (Å²) in [5.41, 5.74) is 2.82. The van der Waals surface area contributed by atoms with Crippen LogP contribution in [0.1, 0.15) is 39.7 Å². The second-order valence-corrected chi connectivity index (χ2v) is 6.37. The molecule has 116 valence electrons. The number of halogens is 1. The van der Waals surface area contributed by atoms with E-state index in [9.17, 15) is 9.18 Å². The first kappa shape index (κ1) is 15.0. The summed E-state index contributed by atoms with van der Waals surface area (Å²) in [4.78, 5) is 13.5. The monoisotopic (exact) mass is 319 g/mol. The lowest BCUT2D eigenvalue weighted by Gasteiger charge is -2.09. The van der Waals surface area contributed by atoms with Crippen LogP contribution in [0.5, 0.6) is 0 Å². The average molecular weight is 319 g/mol. The van der Waals surface area contributed by atoms with Gasteiger partial charge in [-0.05, 0) is 49.4 Å². The number of esters is 1. The van der Waals surface area contributed by atoms with Gasteiger partial charge in [0, 0.05) is 11.4 Å². The summed E-state index contributed by atoms with van der Waals surface area (Å²) in [6.45, 7) is 2.75. The van der Waals surface area contributed by atoms with Crippen molar-refractivity contribution in [3.63, 3.8) is 0 Å². The molecule has 1 aliphatic carbocycles. The van der Waals surface area contributed by atoms with Crippen molar-refractivity contribution in [3.8, 4) is 0 Å². The van der Waals surface area contributed by atoms with Crippen molar-refractivity contribution in [2.45, 2.75) is 32.7 Å². The minimum atomic E-state index is -0.247. The van der Waals surface area contributed by atoms with Gasteiger partial charge in [0.2, 0.25) is 0 Å². The smallest absolute Gasteiger partial charge is 0.341 e. The van der Waals surface area contributed by atoms with E-state index in [0.717, 1.165) is 35.4 Å². The van der Waals surface area contributed by atoms with Crippen LogP contribution >= 0.6 is 11.3 Å². The van der Waals surface area contributed by atoms with Crippen molar-refractivity contribution in [3.05, 3.63) is 51.7 Å². The lowest BCUT2D eigenvalue weighted by molar-refractivity contribution is 0.0527. The van der Waals surface area contributed by atoms with Gasteiger partial charge in [-0.2, -0.15) is 0 Å². The summed E-state index contributed by atoms with van der Waals surface area (Å²) in [7, 11) is 0. The number of ether oxygens (including phenoxy) is 1. The highest BCUT2D eigenvalue weighted by Crippen LogP contribution is 2.39. The standard InChI is InChI=1S/C17H18FNO2S/c1-2-21-17(20)15-13-4-3-5-14(13)22-16(15)19-10-11-6-8-12(18)9-7-11/h6-9,19H,2-5,10H2,1H3. The number of hydrogen-bond donors (Lipinski definition) is 1. The van der Waals surface area contributed by atoms with Crippen LogP contribution in [0, 0.1) is 5.82 Å². The molecule has 1 heterocycles. The normalized spacial score (nSPS) is 13.0. The van der Waals surface area contributed by atoms with E-state index in [2.05, 4.69) is 5.32 Å². The number of fused-ring (bicyclic) bond motifs is 1. The van der Waals surface area contributed by atoms with Crippen LogP contribution < -0.4 is 5.32 Å². The first-order valence-corrected chi connectivity index (χ1v) is 8.30. The zero-order valence-corrected chi connectivity index (χ0v) is 13.3. The van der Waals surface area contributed by atoms with Gasteiger partial charge < -0.3 is 10.1 Å². The first-order chi connectivity index (χ1) is 10.7. The largest absolute Gasteiger partial charge is 0.462 e. The summed E-state index contributed by atoms with van der Waals surface area (Å²) in [6, 6.07) is 6.37. The Kier molecular flexibility index (Phi) is 4.43. The summed E-state index contributed by atoms with van der Waals surface area (Å²) >= 11 is 1.64. The van der Waals surface area contributed by atoms with Gasteiger partial charge in [0.25, 0.3) is 0 Å². The Hall–Kier alpha value is -1.88. The van der Waals surface area contributed by atoms with Crippen molar-refractivity contribution in [2.75, 3.05) is 11.9 Å². The molecule has 0 unspecified atom stereocenters. The van der Waals surface area contributed by atoms with Crippen LogP contribution in [0.2, 0.25) is 0 Å². The molecule has 2 aromatic rings. The van der Waals surface area contributed by atoms with E-state index < -0.39 is 0 Å². The molecule has 0 saturated heterocycles. The number of hydrogen-bond acceptors (Lipinski definition) is 4. The van der Waals surface area contributed by atoms with Crippen molar-refractivity contribution in [2.24, 2.45) is 0 Å². The third-order valence-electron chi connectivity index (χ3n) is 3.77. The zero-order valence-electron chi connectivity index (χ0n) is 12.4. The number of nitrogens with one attached hydrogen (secondary N) is 1. The number of aryl methyl sites for hydroxylation is 1. The van der Waals surface area contributed by atoms with E-state index >= 15 is 0 Å². The van der Waals surface area contributed by atoms with Crippen LogP contribution in [-0.2, 0) is 24.1 Å². The molecule has 0 aliphatic heterocycles. The SMILES string of the molecule is CCOC(=O)c1c(NCc2ccc(F)cc2)sc2c1CCC2. The molecule has 1 N–H and O–H groups in total. The molecule has 0 atom stereocenters. The fraction of sp³-hybridized carbons (Fsp3) is 0.353. The van der Waals surface area contributed by atoms with Gasteiger partial charge in [-0.1, -0.05) is 12.1 Å². The Morgan fingerprint density at radius 3 is 2.82 bits per heavy atom. The highest BCUT2D eigenvalue weighted by atomic mass is 32.1. The molecule has 1 aromatic heterocycles. The highest BCUT2D eigenvalue weighted by molar-refractivity contribution is 7.16. The van der Waals surface area contributed by atoms with Crippen molar-refractivity contribution in [1.82, 2.24) is 0 Å². The van der Waals surface area contributed by atoms with E-state index in [1.165, 1.54) is 17.0 Å². The van der Waals surface area contributed by atoms with E-state index in [0.29, 0.717) is 18.7 Å². The van der Waals surface area contributed by atoms with Crippen LogP contribution in [0.3, 0.4) is 0 Å². The molecule has 3 nitrogen and oxygen atoms in total. The van der Waals surface area contributed by atoms with E-state index in [1.807, 2.05) is 6.92 Å². The maximum absolute atomic E-state index is 12.9. The molecule has 0 spiro atoms. The molecule has 0 fully saturated rings. The maximum atomic E-state index is 12.9. The van der Waals surface area contributed by atoms with Crippen molar-refractivity contribution >= 4 is 22.3 Å². The molecule has 22 heavy (non-hydrogen) atoms. The minimum Gasteiger partial charge on any atom is -0.462 e. The van der Waals surface area contributed by atoms with E-state index in [-0.39, 0.29) is 11.8 Å². The topological polar surface area (TPSA) is 38.3 Å². The van der Waals surface area contributed by atoms with Crippen molar-refractivity contribution < 1.29 is 13.9 Å². The Morgan fingerprint density at radius 2 is 2.09 bits per heavy atom. The minimum absolute atomic E-state index is 0.244. The number of rotatable bonds is 5. The van der Waals surface area contributed by atoms with Gasteiger partial charge in [-0.25, -0.2) is 9.18 Å². The fourth-order valence-corrected chi connectivity index (χ4v) is 4.01. The van der Waals surface area contributed by atoms with Gasteiger partial charge >= 0.3 is 5.97 Å². The summed E-state index contributed by atoms with van der Waals surface area (Å²) in [5.74, 6) is -0.491. The Morgan fingerprint density at radius 1 is 1.32 bits per heavy atom. The number of carbonyl (C=O) groups is 1. The van der Waals surface area contributed by atoms with Crippen LogP contribution in [0.25, 0.3) is 0 Å². The predicted molar refractivity (Wildman–Crippen MR) is 86.0 cm³/mol. The molecular formula is C17H18FNO2S. The van der Waals surface area contributed by atoms with Gasteiger partial charge in [0.05, 0.1) is 12.2 Å². The fourth-order valence-electron chi connectivity index (χ4n) is 2.73. The van der Waals surface area contributed by atoms with Crippen LogP contribution in [-0.4, -0.2) is 12.6 Å². The molecular weight excluding hydrogens is 301 g/mol. The zero-order chi connectivity index (χ0) is 15.5. The molecule has 0 saturated carbocycles. The Bertz CT molecular complexity index is 679. The number of benzene rings is 1. The second-order valence-electron chi connectivity index (χ2n) is 5.26. The summed E-state index contributed by atoms with van der Waals surface area (Å²) in [5, 5.41) is 4.18. The van der Waals surface area contributed by atoms with E-state index in [4.69, 9.17) is 4.74 Å². The molecule has 1 aromatic carbocycles. The van der Waals surface area contributed by atoms with Gasteiger partial charge in [0.15, 0.2) is 0 Å². The first-order valence-electron chi connectivity index (χ1n) is 7.49. The van der Waals surface area contributed by atoms with E-state index in [1.54, 1.807) is 23.5 Å². The third kappa shape index (κ3) is 2.99. The summed E-state index contributed by atoms with van der Waals surface area (Å²) in [6.07, 6.45) is 3.08. The molecule has 0 bridgehead atoms. The quantitative estimate of drug-likeness (QED) is 0.841. The third-order valence-corrected chi connectivity index (χ3v) is 5.02. The number of anilines is 1. The Labute approximate surface area is 133 Å². The average Bonchev–Trinajstić information content (AvgIpc) is 3.07. The molecule has 1 aliphatic rings. The molecule has 3 rings (SSSR count). The number of thiophene rings is 1. The Balaban J connectivity index is 1.81. The summed E-state index contributed by atoms with van der Waals surface area (Å²) < 4.78 is 18.1. The second kappa shape index (κ2) is 6.48. The predicted octanol–water partition coefficient (Wildman–Crippen LogP) is 4.16. The maximum Gasteiger partial charge on any atom is 0.341 e. The molecule has 0 radical (unpaired) electrons. The van der Waals surface area contributed by atoms with Gasteiger partial charge in [0.1, 0.15) is 10.8 Å².